The Hall–Kier alpha value is -2.42. The normalized spacial score (nSPS) is 16.6. The lowest BCUT2D eigenvalue weighted by molar-refractivity contribution is 0.106. The highest BCUT2D eigenvalue weighted by Crippen LogP contribution is 2.19. The van der Waals surface area contributed by atoms with Crippen LogP contribution in [-0.4, -0.2) is 11.5 Å². The number of fused-ring (bicyclic) bond motifs is 1. The van der Waals surface area contributed by atoms with Gasteiger partial charge in [0.1, 0.15) is 5.71 Å². The predicted octanol–water partition coefficient (Wildman–Crippen LogP) is 3.67. The number of hydrogen-bond acceptors (Lipinski definition) is 3. The predicted molar refractivity (Wildman–Crippen MR) is 81.2 cm³/mol. The molecule has 0 aromatic heterocycles. The molecule has 100 valence electrons. The van der Waals surface area contributed by atoms with Gasteiger partial charge in [0.2, 0.25) is 5.78 Å². The molecule has 0 bridgehead atoms. The van der Waals surface area contributed by atoms with Crippen molar-refractivity contribution in [1.29, 1.82) is 0 Å². The fraction of sp³-hybridized carbons (Fsp3) is 0.176. The average Bonchev–Trinajstić information content (AvgIpc) is 2.66. The van der Waals surface area contributed by atoms with Crippen LogP contribution in [0.2, 0.25) is 0 Å². The Morgan fingerprint density at radius 2 is 1.65 bits per heavy atom. The first-order chi connectivity index (χ1) is 9.84. The number of anilines is 1. The van der Waals surface area contributed by atoms with E-state index in [4.69, 9.17) is 0 Å². The number of ketones is 1. The first-order valence-electron chi connectivity index (χ1n) is 6.85. The Morgan fingerprint density at radius 3 is 2.50 bits per heavy atom. The number of nitrogens with one attached hydrogen (secondary N) is 1. The van der Waals surface area contributed by atoms with E-state index in [9.17, 15) is 4.79 Å². The van der Waals surface area contributed by atoms with Gasteiger partial charge in [-0.25, -0.2) is 0 Å². The molecule has 0 spiro atoms. The summed E-state index contributed by atoms with van der Waals surface area (Å²) >= 11 is 0. The van der Waals surface area contributed by atoms with Gasteiger partial charge in [0.15, 0.2) is 0 Å². The van der Waals surface area contributed by atoms with E-state index in [1.807, 2.05) is 54.6 Å². The van der Waals surface area contributed by atoms with Gasteiger partial charge < -0.3 is 0 Å². The summed E-state index contributed by atoms with van der Waals surface area (Å²) in [4.78, 5) is 12.5. The van der Waals surface area contributed by atoms with E-state index in [-0.39, 0.29) is 5.78 Å². The molecule has 0 amide bonds. The summed E-state index contributed by atoms with van der Waals surface area (Å²) in [6.07, 6.45) is 2.61. The van der Waals surface area contributed by atoms with Crippen LogP contribution in [0.15, 0.2) is 59.7 Å². The smallest absolute Gasteiger partial charge is 0.209 e. The van der Waals surface area contributed by atoms with E-state index >= 15 is 0 Å². The van der Waals surface area contributed by atoms with E-state index in [2.05, 4.69) is 10.5 Å². The molecule has 1 aliphatic rings. The quantitative estimate of drug-likeness (QED) is 0.664. The number of hydrazone groups is 1. The molecule has 3 heteroatoms. The van der Waals surface area contributed by atoms with Crippen molar-refractivity contribution in [3.8, 4) is 0 Å². The highest BCUT2D eigenvalue weighted by Gasteiger charge is 2.20. The third-order valence-corrected chi connectivity index (χ3v) is 3.48. The van der Waals surface area contributed by atoms with Crippen molar-refractivity contribution in [3.05, 3.63) is 65.7 Å². The second-order valence-corrected chi connectivity index (χ2v) is 4.88. The molecule has 0 atom stereocenters. The SMILES string of the molecule is O=C1/C(=N/Nc2ccccc2)CCCc2ccccc21. The number of rotatable bonds is 2. The molecule has 0 fully saturated rings. The lowest BCUT2D eigenvalue weighted by Gasteiger charge is -2.05. The van der Waals surface area contributed by atoms with E-state index in [0.717, 1.165) is 29.7 Å². The highest BCUT2D eigenvalue weighted by molar-refractivity contribution is 6.46. The molecule has 0 aliphatic heterocycles. The van der Waals surface area contributed by atoms with Gasteiger partial charge in [0, 0.05) is 5.56 Å². The molecule has 0 heterocycles. The monoisotopic (exact) mass is 264 g/mol. The fourth-order valence-corrected chi connectivity index (χ4v) is 2.43. The van der Waals surface area contributed by atoms with E-state index in [0.29, 0.717) is 12.1 Å². The van der Waals surface area contributed by atoms with Gasteiger partial charge in [-0.2, -0.15) is 5.10 Å². The first-order valence-corrected chi connectivity index (χ1v) is 6.85. The average molecular weight is 264 g/mol. The summed E-state index contributed by atoms with van der Waals surface area (Å²) < 4.78 is 0. The minimum absolute atomic E-state index is 0.0431. The van der Waals surface area contributed by atoms with Crippen molar-refractivity contribution in [2.24, 2.45) is 5.10 Å². The molecule has 3 nitrogen and oxygen atoms in total. The number of para-hydroxylation sites is 1. The highest BCUT2D eigenvalue weighted by atomic mass is 16.1. The zero-order valence-electron chi connectivity index (χ0n) is 11.2. The van der Waals surface area contributed by atoms with E-state index in [1.165, 1.54) is 0 Å². The summed E-state index contributed by atoms with van der Waals surface area (Å²) in [7, 11) is 0. The Labute approximate surface area is 118 Å². The summed E-state index contributed by atoms with van der Waals surface area (Å²) in [5.41, 5.74) is 6.39. The first kappa shape index (κ1) is 12.6. The Kier molecular flexibility index (Phi) is 3.59. The summed E-state index contributed by atoms with van der Waals surface area (Å²) in [6.45, 7) is 0. The Bertz CT molecular complexity index is 647. The largest absolute Gasteiger partial charge is 0.287 e. The molecule has 2 aromatic carbocycles. The number of carbonyl (C=O) groups excluding carboxylic acids is 1. The molecule has 2 aromatic rings. The van der Waals surface area contributed by atoms with Crippen molar-refractivity contribution in [2.75, 3.05) is 5.43 Å². The van der Waals surface area contributed by atoms with Crippen LogP contribution in [0.5, 0.6) is 0 Å². The van der Waals surface area contributed by atoms with Crippen LogP contribution in [0.3, 0.4) is 0 Å². The van der Waals surface area contributed by atoms with Gasteiger partial charge in [0.25, 0.3) is 0 Å². The van der Waals surface area contributed by atoms with Crippen LogP contribution < -0.4 is 5.43 Å². The molecule has 3 rings (SSSR count). The Balaban J connectivity index is 1.86. The minimum atomic E-state index is 0.0431. The molecule has 20 heavy (non-hydrogen) atoms. The van der Waals surface area contributed by atoms with Crippen molar-refractivity contribution in [2.45, 2.75) is 19.3 Å². The fourth-order valence-electron chi connectivity index (χ4n) is 2.43. The van der Waals surface area contributed by atoms with Gasteiger partial charge in [0.05, 0.1) is 5.69 Å². The van der Waals surface area contributed by atoms with Crippen molar-refractivity contribution in [1.82, 2.24) is 0 Å². The van der Waals surface area contributed by atoms with Crippen LogP contribution in [0.1, 0.15) is 28.8 Å². The zero-order chi connectivity index (χ0) is 13.8. The maximum Gasteiger partial charge on any atom is 0.209 e. The van der Waals surface area contributed by atoms with Gasteiger partial charge in [-0.05, 0) is 37.0 Å². The standard InChI is InChI=1S/C17H16N2O/c20-17-15-11-5-4-7-13(15)8-6-12-16(17)19-18-14-9-2-1-3-10-14/h1-5,7,9-11,18H,6,8,12H2/b19-16+. The number of benzene rings is 2. The summed E-state index contributed by atoms with van der Waals surface area (Å²) in [6, 6.07) is 17.5. The number of carbonyl (C=O) groups is 1. The van der Waals surface area contributed by atoms with Gasteiger partial charge in [-0.1, -0.05) is 42.5 Å². The van der Waals surface area contributed by atoms with Gasteiger partial charge in [-0.3, -0.25) is 10.2 Å². The minimum Gasteiger partial charge on any atom is -0.287 e. The molecular formula is C17H16N2O. The third-order valence-electron chi connectivity index (χ3n) is 3.48. The molecule has 0 saturated heterocycles. The number of aryl methyl sites for hydroxylation is 1. The molecule has 1 N–H and O–H groups in total. The number of hydrogen-bond donors (Lipinski definition) is 1. The second kappa shape index (κ2) is 5.70. The molecule has 0 saturated carbocycles. The van der Waals surface area contributed by atoms with Gasteiger partial charge >= 0.3 is 0 Å². The molecule has 0 unspecified atom stereocenters. The van der Waals surface area contributed by atoms with E-state index in [1.54, 1.807) is 0 Å². The molecule has 1 aliphatic carbocycles. The molecule has 0 radical (unpaired) electrons. The van der Waals surface area contributed by atoms with Crippen LogP contribution in [0.25, 0.3) is 0 Å². The topological polar surface area (TPSA) is 41.5 Å². The van der Waals surface area contributed by atoms with Crippen molar-refractivity contribution in [3.63, 3.8) is 0 Å². The lowest BCUT2D eigenvalue weighted by atomic mass is 10.0. The number of Topliss-reactive ketones (excluding diaryl/α,β-unsaturated/α-hetero) is 1. The second-order valence-electron chi connectivity index (χ2n) is 4.88. The Morgan fingerprint density at radius 1 is 0.900 bits per heavy atom. The van der Waals surface area contributed by atoms with Crippen molar-refractivity contribution >= 4 is 17.2 Å². The van der Waals surface area contributed by atoms with Crippen LogP contribution >= 0.6 is 0 Å². The van der Waals surface area contributed by atoms with Gasteiger partial charge in [-0.15, -0.1) is 0 Å². The van der Waals surface area contributed by atoms with Crippen LogP contribution in [-0.2, 0) is 6.42 Å². The van der Waals surface area contributed by atoms with Crippen molar-refractivity contribution < 1.29 is 4.79 Å². The summed E-state index contributed by atoms with van der Waals surface area (Å²) in [5, 5.41) is 4.31. The lowest BCUT2D eigenvalue weighted by Crippen LogP contribution is -2.15. The maximum absolute atomic E-state index is 12.5. The number of nitrogens with zero attached hydrogens (tertiary/aromatic N) is 1. The summed E-state index contributed by atoms with van der Waals surface area (Å²) in [5.74, 6) is 0.0431. The van der Waals surface area contributed by atoms with Crippen LogP contribution in [0, 0.1) is 0 Å². The van der Waals surface area contributed by atoms with Crippen LogP contribution in [0.4, 0.5) is 5.69 Å². The third kappa shape index (κ3) is 2.62. The van der Waals surface area contributed by atoms with E-state index < -0.39 is 0 Å². The molecular weight excluding hydrogens is 248 g/mol. The zero-order valence-corrected chi connectivity index (χ0v) is 11.2. The maximum atomic E-state index is 12.5.